The number of fused-ring (bicyclic) bond motifs is 3. The minimum absolute atomic E-state index is 0.000962. The highest BCUT2D eigenvalue weighted by Crippen LogP contribution is 2.41. The van der Waals surface area contributed by atoms with Crippen LogP contribution in [0.2, 0.25) is 5.02 Å². The topological polar surface area (TPSA) is 124 Å². The first-order valence-corrected chi connectivity index (χ1v) is 18.2. The molecule has 3 aliphatic heterocycles. The second kappa shape index (κ2) is 14.6. The van der Waals surface area contributed by atoms with Crippen LogP contribution in [-0.2, 0) is 22.1 Å². The molecule has 2 N–H and O–H groups in total. The van der Waals surface area contributed by atoms with Gasteiger partial charge in [0.25, 0.3) is 5.91 Å². The third-order valence-electron chi connectivity index (χ3n) is 11.2. The predicted octanol–water partition coefficient (Wildman–Crippen LogP) is 6.22. The molecule has 278 valence electrons. The Morgan fingerprint density at radius 2 is 1.62 bits per heavy atom. The van der Waals surface area contributed by atoms with Crippen molar-refractivity contribution in [2.45, 2.75) is 63.3 Å². The number of piperidine rings is 3. The molecular weight excluding hydrogens is 701 g/mol. The highest BCUT2D eigenvalue weighted by Gasteiger charge is 2.38. The van der Waals surface area contributed by atoms with Crippen molar-refractivity contribution in [1.82, 2.24) is 29.2 Å². The maximum absolute atomic E-state index is 14.0. The molecule has 7 rings (SSSR count). The number of pyridine rings is 1. The van der Waals surface area contributed by atoms with E-state index in [4.69, 9.17) is 16.3 Å². The zero-order chi connectivity index (χ0) is 36.7. The number of benzene rings is 2. The summed E-state index contributed by atoms with van der Waals surface area (Å²) in [7, 11) is 2.12. The van der Waals surface area contributed by atoms with Crippen LogP contribution in [0, 0.1) is 11.8 Å². The third-order valence-corrected chi connectivity index (χ3v) is 11.5. The van der Waals surface area contributed by atoms with Crippen LogP contribution in [0.25, 0.3) is 21.9 Å². The molecule has 2 amide bonds. The number of aromatic hydroxyl groups is 1. The van der Waals surface area contributed by atoms with Gasteiger partial charge in [-0.15, -0.1) is 0 Å². The number of phenols is 1. The van der Waals surface area contributed by atoms with Crippen LogP contribution in [0.1, 0.15) is 55.7 Å². The van der Waals surface area contributed by atoms with Crippen LogP contribution >= 0.6 is 11.6 Å². The van der Waals surface area contributed by atoms with Gasteiger partial charge in [-0.2, -0.15) is 13.2 Å². The Hall–Kier alpha value is -4.30. The van der Waals surface area contributed by atoms with Crippen LogP contribution in [0.4, 0.5) is 18.0 Å². The van der Waals surface area contributed by atoms with Crippen LogP contribution in [-0.4, -0.2) is 98.8 Å². The Balaban J connectivity index is 1.06. The normalized spacial score (nSPS) is 19.4. The summed E-state index contributed by atoms with van der Waals surface area (Å²) in [5, 5.41) is 10.3. The molecule has 3 fully saturated rings. The van der Waals surface area contributed by atoms with Crippen molar-refractivity contribution in [3.05, 3.63) is 69.2 Å². The molecule has 3 aliphatic rings. The molecule has 15 heteroatoms. The first kappa shape index (κ1) is 36.1. The fourth-order valence-electron chi connectivity index (χ4n) is 8.26. The van der Waals surface area contributed by atoms with E-state index in [1.165, 1.54) is 4.90 Å². The largest absolute Gasteiger partial charge is 0.506 e. The number of likely N-dealkylation sites (tertiary alicyclic amines) is 3. The quantitative estimate of drug-likeness (QED) is 0.241. The summed E-state index contributed by atoms with van der Waals surface area (Å²) in [6, 6.07) is 9.20. The van der Waals surface area contributed by atoms with Gasteiger partial charge in [0.05, 0.1) is 33.3 Å². The summed E-state index contributed by atoms with van der Waals surface area (Å²) in [5.74, 6) is -0.520. The van der Waals surface area contributed by atoms with Crippen molar-refractivity contribution in [3.63, 3.8) is 0 Å². The summed E-state index contributed by atoms with van der Waals surface area (Å²) in [5.41, 5.74) is 0.518. The molecule has 4 aromatic rings. The van der Waals surface area contributed by atoms with Crippen molar-refractivity contribution in [3.8, 4) is 5.75 Å². The van der Waals surface area contributed by atoms with E-state index >= 15 is 0 Å². The fraction of sp³-hybridized carbons (Fsp3) is 0.514. The summed E-state index contributed by atoms with van der Waals surface area (Å²) in [6.07, 6.45) is -1.08. The first-order valence-electron chi connectivity index (χ1n) is 17.9. The first-order chi connectivity index (χ1) is 24.9. The Bertz CT molecular complexity index is 2010. The lowest BCUT2D eigenvalue weighted by atomic mass is 9.79. The second-order valence-corrected chi connectivity index (χ2v) is 14.8. The number of hydrogen-bond acceptors (Lipinski definition) is 7. The average molecular weight is 743 g/mol. The van der Waals surface area contributed by atoms with Gasteiger partial charge >= 0.3 is 18.0 Å². The number of halogens is 4. The smallest absolute Gasteiger partial charge is 0.420 e. The van der Waals surface area contributed by atoms with Gasteiger partial charge in [-0.3, -0.25) is 14.3 Å². The molecule has 0 aliphatic carbocycles. The van der Waals surface area contributed by atoms with Gasteiger partial charge in [0.15, 0.2) is 6.10 Å². The number of alkyl halides is 3. The fourth-order valence-corrected chi connectivity index (χ4v) is 8.51. The maximum Gasteiger partial charge on any atom is 0.420 e. The number of phenolic OH excluding ortho intramolecular Hbond substituents is 1. The lowest BCUT2D eigenvalue weighted by molar-refractivity contribution is -0.142. The SMILES string of the molecule is CN1CCC(C2CCN(C(=O)[C@@H](Cc3cc(Cl)c(O)c(C(F)(F)F)c3)OC(=O)N3CCC(n4c(=O)[nH]c5c6ccccc6ncc54)CC3)CC2)CC1. The van der Waals surface area contributed by atoms with Crippen molar-refractivity contribution >= 4 is 45.5 Å². The molecular formula is C37H42ClF3N6O5. The number of H-pyrrole nitrogens is 1. The monoisotopic (exact) mass is 742 g/mol. The third kappa shape index (κ3) is 7.32. The molecule has 2 aromatic carbocycles. The van der Waals surface area contributed by atoms with Gasteiger partial charge < -0.3 is 29.5 Å². The summed E-state index contributed by atoms with van der Waals surface area (Å²) in [4.78, 5) is 53.7. The number of nitrogens with one attached hydrogen (secondary N) is 1. The molecule has 5 heterocycles. The molecule has 2 aromatic heterocycles. The number of ether oxygens (including phenoxy) is 1. The Labute approximate surface area is 303 Å². The number of aromatic nitrogens is 3. The minimum atomic E-state index is -4.89. The maximum atomic E-state index is 14.0. The number of para-hydroxylation sites is 1. The molecule has 0 saturated carbocycles. The number of nitrogens with zero attached hydrogens (tertiary/aromatic N) is 5. The van der Waals surface area contributed by atoms with Crippen LogP contribution < -0.4 is 5.69 Å². The van der Waals surface area contributed by atoms with Crippen LogP contribution in [0.15, 0.2) is 47.4 Å². The number of aromatic amines is 1. The molecule has 0 bridgehead atoms. The number of rotatable bonds is 6. The zero-order valence-corrected chi connectivity index (χ0v) is 29.6. The Morgan fingerprint density at radius 3 is 2.29 bits per heavy atom. The molecule has 11 nitrogen and oxygen atoms in total. The Morgan fingerprint density at radius 1 is 0.981 bits per heavy atom. The molecule has 1 atom stereocenters. The van der Waals surface area contributed by atoms with E-state index in [1.807, 2.05) is 24.3 Å². The van der Waals surface area contributed by atoms with E-state index < -0.39 is 40.6 Å². The van der Waals surface area contributed by atoms with Crippen molar-refractivity contribution < 1.29 is 32.6 Å². The molecule has 52 heavy (non-hydrogen) atoms. The molecule has 0 unspecified atom stereocenters. The standard InChI is InChI=1S/C37H42ClF3N6O5/c1-44-12-6-23(7-13-44)24-8-14-45(15-9-24)34(49)31(20-22-18-27(37(39,40)41)33(48)28(38)19-22)52-36(51)46-16-10-25(11-17-46)47-30-21-42-29-5-3-2-4-26(29)32(30)43-35(47)50/h2-5,18-19,21,23-25,31,48H,6-17,20H2,1H3,(H,43,50)/t31-/m1/s1. The number of carbonyl (C=O) groups is 2. The summed E-state index contributed by atoms with van der Waals surface area (Å²) < 4.78 is 48.8. The minimum Gasteiger partial charge on any atom is -0.506 e. The van der Waals surface area contributed by atoms with E-state index in [1.54, 1.807) is 15.7 Å². The molecule has 3 saturated heterocycles. The van der Waals surface area contributed by atoms with E-state index in [-0.39, 0.29) is 36.8 Å². The van der Waals surface area contributed by atoms with Gasteiger partial charge in [0, 0.05) is 44.0 Å². The van der Waals surface area contributed by atoms with E-state index in [2.05, 4.69) is 21.9 Å². The number of amides is 2. The Kier molecular flexibility index (Phi) is 10.1. The summed E-state index contributed by atoms with van der Waals surface area (Å²) >= 11 is 6.00. The van der Waals surface area contributed by atoms with Crippen molar-refractivity contribution in [1.29, 1.82) is 0 Å². The zero-order valence-electron chi connectivity index (χ0n) is 28.9. The van der Waals surface area contributed by atoms with Gasteiger partial charge in [0.2, 0.25) is 0 Å². The lowest BCUT2D eigenvalue weighted by Crippen LogP contribution is -2.49. The van der Waals surface area contributed by atoms with Gasteiger partial charge in [0.1, 0.15) is 5.75 Å². The summed E-state index contributed by atoms with van der Waals surface area (Å²) in [6.45, 7) is 3.47. The van der Waals surface area contributed by atoms with Gasteiger partial charge in [-0.1, -0.05) is 29.8 Å². The predicted molar refractivity (Wildman–Crippen MR) is 189 cm³/mol. The van der Waals surface area contributed by atoms with Crippen LogP contribution in [0.5, 0.6) is 5.75 Å². The lowest BCUT2D eigenvalue weighted by Gasteiger charge is -2.40. The van der Waals surface area contributed by atoms with E-state index in [9.17, 15) is 32.7 Å². The van der Waals surface area contributed by atoms with Crippen molar-refractivity contribution in [2.24, 2.45) is 11.8 Å². The second-order valence-electron chi connectivity index (χ2n) is 14.4. The number of hydrogen-bond donors (Lipinski definition) is 2. The highest BCUT2D eigenvalue weighted by molar-refractivity contribution is 6.32. The molecule has 0 radical (unpaired) electrons. The highest BCUT2D eigenvalue weighted by atomic mass is 35.5. The van der Waals surface area contributed by atoms with Crippen molar-refractivity contribution in [2.75, 3.05) is 46.3 Å². The number of imidazole rings is 1. The van der Waals surface area contributed by atoms with E-state index in [0.717, 1.165) is 61.8 Å². The van der Waals surface area contributed by atoms with E-state index in [0.29, 0.717) is 48.8 Å². The average Bonchev–Trinajstić information content (AvgIpc) is 3.48. The van der Waals surface area contributed by atoms with Crippen LogP contribution in [0.3, 0.4) is 0 Å². The molecule has 0 spiro atoms. The van der Waals surface area contributed by atoms with Gasteiger partial charge in [-0.05, 0) is 94.3 Å². The number of carbonyl (C=O) groups excluding carboxylic acids is 2. The van der Waals surface area contributed by atoms with Gasteiger partial charge in [-0.25, -0.2) is 9.59 Å².